The number of esters is 2. The molecule has 0 aromatic heterocycles. The smallest absolute Gasteiger partial charge is 0.756 e. The zero-order valence-corrected chi connectivity index (χ0v) is 40.9. The Morgan fingerprint density at radius 2 is 0.964 bits per heavy atom. The number of carbonyl (C=O) groups is 3. The molecule has 0 heterocycles. The monoisotopic (exact) mass is 832 g/mol. The summed E-state index contributed by atoms with van der Waals surface area (Å²) in [5.74, 6) is -2.72. The summed E-state index contributed by atoms with van der Waals surface area (Å²) < 4.78 is 32.2. The SMILES string of the molecule is CCCCC/C=C\C/C=C\CCCCCCCC(=O)O[C@H](COC(=O)CCCCCCCCCCCCCCCCC)COP(=O)([O-])OC[C@H](N)C(=O)[O-].[Na+].[Na+]. The van der Waals surface area contributed by atoms with Gasteiger partial charge in [-0.15, -0.1) is 0 Å². The van der Waals surface area contributed by atoms with E-state index in [9.17, 15) is 28.9 Å². The van der Waals surface area contributed by atoms with Crippen molar-refractivity contribution in [2.45, 2.75) is 206 Å². The minimum absolute atomic E-state index is 0. The summed E-state index contributed by atoms with van der Waals surface area (Å²) in [6.45, 7) is 2.52. The number of phosphoric ester groups is 1. The first kappa shape index (κ1) is 60.3. The molecule has 14 heteroatoms. The van der Waals surface area contributed by atoms with Crippen LogP contribution in [0.5, 0.6) is 0 Å². The second kappa shape index (κ2) is 44.5. The summed E-state index contributed by atoms with van der Waals surface area (Å²) in [6.07, 6.45) is 37.8. The third-order valence-corrected chi connectivity index (χ3v) is 10.1. The van der Waals surface area contributed by atoms with Gasteiger partial charge in [-0.25, -0.2) is 0 Å². The molecule has 0 aromatic carbocycles. The maximum Gasteiger partial charge on any atom is 1.00 e. The number of allylic oxidation sites excluding steroid dienone is 4. The molecular formula is C42H76NNa2O10P. The molecule has 11 nitrogen and oxygen atoms in total. The Morgan fingerprint density at radius 3 is 1.45 bits per heavy atom. The van der Waals surface area contributed by atoms with E-state index in [2.05, 4.69) is 42.7 Å². The van der Waals surface area contributed by atoms with Crippen molar-refractivity contribution in [2.24, 2.45) is 5.73 Å². The molecule has 0 aliphatic rings. The summed E-state index contributed by atoms with van der Waals surface area (Å²) in [4.78, 5) is 47.9. The third-order valence-electron chi connectivity index (χ3n) is 9.18. The van der Waals surface area contributed by atoms with Gasteiger partial charge in [0, 0.05) is 12.8 Å². The predicted molar refractivity (Wildman–Crippen MR) is 212 cm³/mol. The largest absolute Gasteiger partial charge is 1.00 e. The molecule has 0 saturated carbocycles. The van der Waals surface area contributed by atoms with Crippen LogP contribution in [0.1, 0.15) is 194 Å². The van der Waals surface area contributed by atoms with Crippen LogP contribution in [-0.4, -0.2) is 49.9 Å². The van der Waals surface area contributed by atoms with E-state index < -0.39 is 51.1 Å². The number of rotatable bonds is 40. The van der Waals surface area contributed by atoms with Crippen molar-refractivity contribution in [1.82, 2.24) is 0 Å². The Kier molecular flexibility index (Phi) is 47.9. The topological polar surface area (TPSA) is 177 Å². The van der Waals surface area contributed by atoms with Gasteiger partial charge in [-0.05, 0) is 44.9 Å². The molecule has 0 amide bonds. The number of aliphatic carboxylic acids is 1. The summed E-state index contributed by atoms with van der Waals surface area (Å²) in [5, 5.41) is 10.8. The average Bonchev–Trinajstić information content (AvgIpc) is 3.14. The van der Waals surface area contributed by atoms with E-state index in [0.717, 1.165) is 64.2 Å². The molecule has 3 atom stereocenters. The number of unbranched alkanes of at least 4 members (excludes halogenated alkanes) is 22. The van der Waals surface area contributed by atoms with Crippen LogP contribution in [0.15, 0.2) is 24.3 Å². The van der Waals surface area contributed by atoms with E-state index in [1.54, 1.807) is 0 Å². The van der Waals surface area contributed by atoms with Gasteiger partial charge in [0.25, 0.3) is 7.82 Å². The molecule has 0 spiro atoms. The Bertz CT molecular complexity index is 1030. The second-order valence-corrected chi connectivity index (χ2v) is 15.9. The van der Waals surface area contributed by atoms with Crippen LogP contribution >= 0.6 is 7.82 Å². The van der Waals surface area contributed by atoms with Crippen LogP contribution < -0.4 is 74.8 Å². The molecule has 56 heavy (non-hydrogen) atoms. The first-order valence-electron chi connectivity index (χ1n) is 21.3. The van der Waals surface area contributed by atoms with Gasteiger partial charge >= 0.3 is 71.1 Å². The number of nitrogens with two attached hydrogens (primary N) is 1. The van der Waals surface area contributed by atoms with Crippen LogP contribution in [0.4, 0.5) is 0 Å². The van der Waals surface area contributed by atoms with Crippen molar-refractivity contribution in [3.05, 3.63) is 24.3 Å². The van der Waals surface area contributed by atoms with E-state index in [1.807, 2.05) is 0 Å². The normalized spacial score (nSPS) is 13.5. The van der Waals surface area contributed by atoms with Gasteiger partial charge in [0.1, 0.15) is 6.61 Å². The van der Waals surface area contributed by atoms with Gasteiger partial charge in [-0.3, -0.25) is 14.2 Å². The van der Waals surface area contributed by atoms with E-state index in [0.29, 0.717) is 12.8 Å². The van der Waals surface area contributed by atoms with E-state index >= 15 is 0 Å². The Balaban J connectivity index is -0.0000140. The quantitative estimate of drug-likeness (QED) is 0.0316. The molecule has 0 aromatic rings. The first-order valence-corrected chi connectivity index (χ1v) is 22.8. The minimum Gasteiger partial charge on any atom is -0.756 e. The number of carboxylic acids is 1. The Labute approximate surface area is 385 Å². The molecule has 1 unspecified atom stereocenters. The molecule has 2 N–H and O–H groups in total. The number of hydrogen-bond donors (Lipinski definition) is 1. The fourth-order valence-corrected chi connectivity index (χ4v) is 6.56. The van der Waals surface area contributed by atoms with Gasteiger partial charge in [0.15, 0.2) is 6.10 Å². The molecule has 0 fully saturated rings. The van der Waals surface area contributed by atoms with Crippen molar-refractivity contribution in [2.75, 3.05) is 19.8 Å². The fourth-order valence-electron chi connectivity index (χ4n) is 5.79. The van der Waals surface area contributed by atoms with Gasteiger partial charge in [0.2, 0.25) is 0 Å². The van der Waals surface area contributed by atoms with Gasteiger partial charge < -0.3 is 39.0 Å². The van der Waals surface area contributed by atoms with Crippen LogP contribution in [0.2, 0.25) is 0 Å². The van der Waals surface area contributed by atoms with E-state index in [4.69, 9.17) is 19.7 Å². The second-order valence-electron chi connectivity index (χ2n) is 14.4. The predicted octanol–water partition coefficient (Wildman–Crippen LogP) is 3.10. The molecule has 0 aliphatic heterocycles. The standard InChI is InChI=1S/C42H78NO10P.2Na/c1-3-5-7-9-11-13-15-17-19-21-23-25-27-29-31-33-40(44)50-35-38(36-51-54(48,49)52-37-39(43)42(46)47)53-41(45)34-32-30-28-26-24-22-20-18-16-14-12-10-8-6-4-2;;/h12,14,18,20,38-39H,3-11,13,15-17,19,21-37,43H2,1-2H3,(H,46,47)(H,48,49);;/q;2*+1/p-2/b14-12-,20-18-;;/t38-,39+;;/m1../s1. The van der Waals surface area contributed by atoms with Crippen LogP contribution in [-0.2, 0) is 37.5 Å². The molecule has 0 radical (unpaired) electrons. The Morgan fingerprint density at radius 1 is 0.571 bits per heavy atom. The van der Waals surface area contributed by atoms with Gasteiger partial charge in [-0.1, -0.05) is 160 Å². The maximum absolute atomic E-state index is 12.6. The Hall–Kier alpha value is -0.0400. The number of carbonyl (C=O) groups excluding carboxylic acids is 3. The first-order chi connectivity index (χ1) is 26.1. The number of ether oxygens (including phenoxy) is 2. The van der Waals surface area contributed by atoms with Crippen molar-refractivity contribution in [3.8, 4) is 0 Å². The average molecular weight is 832 g/mol. The summed E-state index contributed by atoms with van der Waals surface area (Å²) >= 11 is 0. The molecule has 0 rings (SSSR count). The van der Waals surface area contributed by atoms with Crippen LogP contribution in [0.3, 0.4) is 0 Å². The minimum atomic E-state index is -4.99. The zero-order chi connectivity index (χ0) is 40.0. The third kappa shape index (κ3) is 43.5. The molecule has 316 valence electrons. The van der Waals surface area contributed by atoms with Crippen LogP contribution in [0.25, 0.3) is 0 Å². The van der Waals surface area contributed by atoms with Crippen molar-refractivity contribution in [3.63, 3.8) is 0 Å². The van der Waals surface area contributed by atoms with Gasteiger partial charge in [-0.2, -0.15) is 0 Å². The van der Waals surface area contributed by atoms with Crippen LogP contribution in [0, 0.1) is 0 Å². The van der Waals surface area contributed by atoms with Crippen molar-refractivity contribution in [1.29, 1.82) is 0 Å². The fraction of sp³-hybridized carbons (Fsp3) is 0.833. The summed E-state index contributed by atoms with van der Waals surface area (Å²) in [7, 11) is -4.99. The molecule has 0 aliphatic carbocycles. The van der Waals surface area contributed by atoms with E-state index in [-0.39, 0.29) is 78.6 Å². The molecule has 0 bridgehead atoms. The maximum atomic E-state index is 12.6. The summed E-state index contributed by atoms with van der Waals surface area (Å²) in [5.41, 5.74) is 5.24. The van der Waals surface area contributed by atoms with Gasteiger partial charge in [0.05, 0.1) is 25.2 Å². The van der Waals surface area contributed by atoms with E-state index in [1.165, 1.54) is 89.9 Å². The van der Waals surface area contributed by atoms with Crippen molar-refractivity contribution >= 4 is 25.7 Å². The summed E-state index contributed by atoms with van der Waals surface area (Å²) in [6, 6.07) is -1.67. The number of phosphoric acid groups is 1. The number of carboxylic acid groups (broad SMARTS) is 1. The molecule has 0 saturated heterocycles. The number of hydrogen-bond acceptors (Lipinski definition) is 11. The molecular weight excluding hydrogens is 755 g/mol. The zero-order valence-electron chi connectivity index (χ0n) is 36.0. The van der Waals surface area contributed by atoms with Crippen molar-refractivity contribution < 1.29 is 107 Å².